The van der Waals surface area contributed by atoms with Crippen LogP contribution in [0.3, 0.4) is 0 Å². The molecule has 0 fully saturated rings. The molecule has 0 radical (unpaired) electrons. The van der Waals surface area contributed by atoms with E-state index in [1.54, 1.807) is 6.20 Å². The maximum Gasteiger partial charge on any atom is 0.147 e. The molecule has 1 heterocycles. The van der Waals surface area contributed by atoms with Crippen LogP contribution >= 0.6 is 23.2 Å². The summed E-state index contributed by atoms with van der Waals surface area (Å²) in [5.41, 5.74) is 1.05. The Balaban J connectivity index is 2.84. The second-order valence-electron chi connectivity index (χ2n) is 2.82. The first-order chi connectivity index (χ1) is 6.15. The zero-order chi connectivity index (χ0) is 9.84. The Labute approximate surface area is 88.3 Å². The van der Waals surface area contributed by atoms with Gasteiger partial charge in [0.15, 0.2) is 0 Å². The van der Waals surface area contributed by atoms with Gasteiger partial charge >= 0.3 is 0 Å². The van der Waals surface area contributed by atoms with Crippen LogP contribution in [-0.4, -0.2) is 11.5 Å². The molecule has 1 aromatic heterocycles. The maximum absolute atomic E-state index is 5.84. The first kappa shape index (κ1) is 10.8. The quantitative estimate of drug-likeness (QED) is 0.790. The Morgan fingerprint density at radius 2 is 2.23 bits per heavy atom. The number of rotatable bonds is 3. The van der Waals surface area contributed by atoms with Gasteiger partial charge in [0.2, 0.25) is 0 Å². The molecule has 72 valence electrons. The summed E-state index contributed by atoms with van der Waals surface area (Å²) in [4.78, 5) is 3.98. The number of pyridine rings is 1. The molecule has 0 saturated heterocycles. The highest BCUT2D eigenvalue weighted by atomic mass is 35.5. The molecule has 0 bridgehead atoms. The molecule has 4 heteroatoms. The van der Waals surface area contributed by atoms with E-state index < -0.39 is 0 Å². The first-order valence-corrected chi connectivity index (χ1v) is 4.95. The minimum atomic E-state index is 0.257. The molecule has 0 saturated carbocycles. The van der Waals surface area contributed by atoms with E-state index in [9.17, 15) is 0 Å². The van der Waals surface area contributed by atoms with Crippen molar-refractivity contribution in [3.8, 4) is 0 Å². The molecule has 0 aromatic carbocycles. The monoisotopic (exact) mass is 218 g/mol. The summed E-state index contributed by atoms with van der Waals surface area (Å²) < 4.78 is 0. The number of hydrogen-bond acceptors (Lipinski definition) is 2. The Kier molecular flexibility index (Phi) is 3.97. The molecule has 0 aliphatic carbocycles. The molecular formula is C9H12Cl2N2. The van der Waals surface area contributed by atoms with Crippen molar-refractivity contribution in [1.29, 1.82) is 0 Å². The van der Waals surface area contributed by atoms with E-state index in [2.05, 4.69) is 24.1 Å². The minimum Gasteiger partial charge on any atom is -0.310 e. The zero-order valence-electron chi connectivity index (χ0n) is 7.64. The van der Waals surface area contributed by atoms with Crippen LogP contribution in [0.2, 0.25) is 10.2 Å². The van der Waals surface area contributed by atoms with Crippen molar-refractivity contribution in [3.05, 3.63) is 28.0 Å². The standard InChI is InChI=1S/C9H12Cl2N2/c1-3-12-6(2)7-4-8(10)9(11)13-5-7/h4-6,12H,3H2,1-2H3. The Morgan fingerprint density at radius 1 is 1.54 bits per heavy atom. The summed E-state index contributed by atoms with van der Waals surface area (Å²) >= 11 is 11.5. The second kappa shape index (κ2) is 4.80. The van der Waals surface area contributed by atoms with Crippen molar-refractivity contribution >= 4 is 23.2 Å². The lowest BCUT2D eigenvalue weighted by molar-refractivity contribution is 0.596. The van der Waals surface area contributed by atoms with Crippen molar-refractivity contribution in [2.24, 2.45) is 0 Å². The van der Waals surface area contributed by atoms with Gasteiger partial charge in [0, 0.05) is 12.2 Å². The average molecular weight is 219 g/mol. The fourth-order valence-corrected chi connectivity index (χ4v) is 1.37. The molecule has 1 aromatic rings. The van der Waals surface area contributed by atoms with Gasteiger partial charge in [0.05, 0.1) is 5.02 Å². The van der Waals surface area contributed by atoms with Gasteiger partial charge in [-0.3, -0.25) is 0 Å². The number of nitrogens with one attached hydrogen (secondary N) is 1. The van der Waals surface area contributed by atoms with E-state index in [1.807, 2.05) is 6.07 Å². The summed E-state index contributed by atoms with van der Waals surface area (Å²) in [6.07, 6.45) is 1.74. The van der Waals surface area contributed by atoms with Crippen molar-refractivity contribution in [2.45, 2.75) is 19.9 Å². The Bertz CT molecular complexity index is 289. The smallest absolute Gasteiger partial charge is 0.147 e. The SMILES string of the molecule is CCNC(C)c1cnc(Cl)c(Cl)c1. The maximum atomic E-state index is 5.84. The van der Waals surface area contributed by atoms with Crippen LogP contribution in [0.4, 0.5) is 0 Å². The molecule has 1 atom stereocenters. The van der Waals surface area contributed by atoms with Crippen LogP contribution in [0.5, 0.6) is 0 Å². The lowest BCUT2D eigenvalue weighted by Crippen LogP contribution is -2.17. The number of hydrogen-bond donors (Lipinski definition) is 1. The fourth-order valence-electron chi connectivity index (χ4n) is 1.10. The van der Waals surface area contributed by atoms with E-state index in [1.165, 1.54) is 0 Å². The molecule has 13 heavy (non-hydrogen) atoms. The largest absolute Gasteiger partial charge is 0.310 e. The zero-order valence-corrected chi connectivity index (χ0v) is 9.15. The fraction of sp³-hybridized carbons (Fsp3) is 0.444. The van der Waals surface area contributed by atoms with E-state index in [-0.39, 0.29) is 6.04 Å². The molecule has 2 nitrogen and oxygen atoms in total. The number of aromatic nitrogens is 1. The van der Waals surface area contributed by atoms with Gasteiger partial charge in [-0.25, -0.2) is 4.98 Å². The molecule has 0 amide bonds. The van der Waals surface area contributed by atoms with Gasteiger partial charge in [-0.15, -0.1) is 0 Å². The summed E-state index contributed by atoms with van der Waals surface area (Å²) in [5, 5.41) is 4.13. The van der Waals surface area contributed by atoms with Gasteiger partial charge in [0.1, 0.15) is 5.15 Å². The van der Waals surface area contributed by atoms with Crippen LogP contribution < -0.4 is 5.32 Å². The summed E-state index contributed by atoms with van der Waals surface area (Å²) in [5.74, 6) is 0. The van der Waals surface area contributed by atoms with Crippen LogP contribution in [0, 0.1) is 0 Å². The highest BCUT2D eigenvalue weighted by Crippen LogP contribution is 2.22. The van der Waals surface area contributed by atoms with Crippen LogP contribution in [0.25, 0.3) is 0 Å². The van der Waals surface area contributed by atoms with Gasteiger partial charge in [-0.05, 0) is 25.1 Å². The minimum absolute atomic E-state index is 0.257. The average Bonchev–Trinajstić information content (AvgIpc) is 2.10. The van der Waals surface area contributed by atoms with Crippen LogP contribution in [0.15, 0.2) is 12.3 Å². The summed E-state index contributed by atoms with van der Waals surface area (Å²) in [6, 6.07) is 2.09. The molecule has 1 rings (SSSR count). The van der Waals surface area contributed by atoms with Crippen LogP contribution in [-0.2, 0) is 0 Å². The lowest BCUT2D eigenvalue weighted by atomic mass is 10.1. The highest BCUT2D eigenvalue weighted by Gasteiger charge is 2.06. The Hall–Kier alpha value is -0.310. The molecular weight excluding hydrogens is 207 g/mol. The third-order valence-electron chi connectivity index (χ3n) is 1.83. The van der Waals surface area contributed by atoms with Gasteiger partial charge in [-0.1, -0.05) is 30.1 Å². The summed E-state index contributed by atoms with van der Waals surface area (Å²) in [6.45, 7) is 5.04. The highest BCUT2D eigenvalue weighted by molar-refractivity contribution is 6.41. The van der Waals surface area contributed by atoms with Gasteiger partial charge < -0.3 is 5.32 Å². The lowest BCUT2D eigenvalue weighted by Gasteiger charge is -2.12. The van der Waals surface area contributed by atoms with E-state index in [0.717, 1.165) is 12.1 Å². The van der Waals surface area contributed by atoms with Gasteiger partial charge in [-0.2, -0.15) is 0 Å². The number of halogens is 2. The van der Waals surface area contributed by atoms with Crippen molar-refractivity contribution in [1.82, 2.24) is 10.3 Å². The molecule has 0 spiro atoms. The third kappa shape index (κ3) is 2.83. The molecule has 1 N–H and O–H groups in total. The second-order valence-corrected chi connectivity index (χ2v) is 3.59. The third-order valence-corrected chi connectivity index (χ3v) is 2.51. The Morgan fingerprint density at radius 3 is 2.77 bits per heavy atom. The van der Waals surface area contributed by atoms with Gasteiger partial charge in [0.25, 0.3) is 0 Å². The first-order valence-electron chi connectivity index (χ1n) is 4.19. The predicted molar refractivity (Wildman–Crippen MR) is 56.3 cm³/mol. The van der Waals surface area contributed by atoms with Crippen LogP contribution in [0.1, 0.15) is 25.5 Å². The number of nitrogens with zero attached hydrogens (tertiary/aromatic N) is 1. The van der Waals surface area contributed by atoms with E-state index >= 15 is 0 Å². The van der Waals surface area contributed by atoms with Crippen molar-refractivity contribution < 1.29 is 0 Å². The molecule has 1 unspecified atom stereocenters. The topological polar surface area (TPSA) is 24.9 Å². The molecule has 0 aliphatic rings. The molecule has 0 aliphatic heterocycles. The van der Waals surface area contributed by atoms with E-state index in [4.69, 9.17) is 23.2 Å². The predicted octanol–water partition coefficient (Wildman–Crippen LogP) is 3.06. The normalized spacial score (nSPS) is 12.9. The van der Waals surface area contributed by atoms with E-state index in [0.29, 0.717) is 10.2 Å². The summed E-state index contributed by atoms with van der Waals surface area (Å²) in [7, 11) is 0. The van der Waals surface area contributed by atoms with Crippen molar-refractivity contribution in [2.75, 3.05) is 6.54 Å². The van der Waals surface area contributed by atoms with Crippen molar-refractivity contribution in [3.63, 3.8) is 0 Å².